The van der Waals surface area contributed by atoms with Gasteiger partial charge in [0.15, 0.2) is 0 Å². The zero-order valence-corrected chi connectivity index (χ0v) is 10.3. The van der Waals surface area contributed by atoms with Crippen molar-refractivity contribution in [1.82, 2.24) is 15.1 Å². The Labute approximate surface area is 99.9 Å². The first-order chi connectivity index (χ1) is 7.88. The Morgan fingerprint density at radius 3 is 2.41 bits per heavy atom. The molecule has 0 bridgehead atoms. The molecular formula is C11H17N3O3. The number of nitrogens with zero attached hydrogens (tertiary/aromatic N) is 2. The van der Waals surface area contributed by atoms with Gasteiger partial charge in [-0.1, -0.05) is 0 Å². The molecule has 0 aromatic carbocycles. The molecule has 2 fully saturated rings. The lowest BCUT2D eigenvalue weighted by Crippen LogP contribution is -2.62. The normalized spacial score (nSPS) is 24.2. The number of imide groups is 2. The fourth-order valence-corrected chi connectivity index (χ4v) is 2.27. The second-order valence-corrected chi connectivity index (χ2v) is 5.13. The Morgan fingerprint density at radius 1 is 1.35 bits per heavy atom. The highest BCUT2D eigenvalue weighted by atomic mass is 16.2. The second kappa shape index (κ2) is 3.80. The monoisotopic (exact) mass is 239 g/mol. The number of hydrogen-bond donors (Lipinski definition) is 1. The summed E-state index contributed by atoms with van der Waals surface area (Å²) in [6, 6.07) is -0.824. The number of likely N-dealkylation sites (N-methyl/N-ethyl adjacent to an activating group) is 1. The van der Waals surface area contributed by atoms with Gasteiger partial charge in [-0.3, -0.25) is 19.8 Å². The number of hydrogen-bond acceptors (Lipinski definition) is 4. The number of amides is 4. The molecule has 1 aliphatic carbocycles. The van der Waals surface area contributed by atoms with E-state index >= 15 is 0 Å². The summed E-state index contributed by atoms with van der Waals surface area (Å²) in [5.41, 5.74) is -0.936. The molecule has 1 atom stereocenters. The summed E-state index contributed by atoms with van der Waals surface area (Å²) in [7, 11) is 3.75. The van der Waals surface area contributed by atoms with Crippen LogP contribution in [-0.4, -0.2) is 54.3 Å². The summed E-state index contributed by atoms with van der Waals surface area (Å²) in [5.74, 6) is -0.763. The maximum Gasteiger partial charge on any atom is 0.331 e. The van der Waals surface area contributed by atoms with E-state index in [9.17, 15) is 14.4 Å². The van der Waals surface area contributed by atoms with Crippen molar-refractivity contribution in [3.05, 3.63) is 0 Å². The number of rotatable bonds is 3. The average molecular weight is 239 g/mol. The topological polar surface area (TPSA) is 69.7 Å². The Balaban J connectivity index is 2.19. The van der Waals surface area contributed by atoms with Crippen molar-refractivity contribution in [3.63, 3.8) is 0 Å². The molecule has 2 aliphatic rings. The van der Waals surface area contributed by atoms with Crippen LogP contribution in [0.1, 0.15) is 19.8 Å². The van der Waals surface area contributed by atoms with E-state index in [1.54, 1.807) is 0 Å². The third-order valence-electron chi connectivity index (χ3n) is 3.32. The first-order valence-corrected chi connectivity index (χ1v) is 5.72. The standard InChI is InChI=1S/C11H17N3O3/c1-7(6-13(2)3)14-9(16)11(4-5-11)8(15)12-10(14)17/h7H,4-6H2,1-3H3,(H,12,15,17). The van der Waals surface area contributed by atoms with Gasteiger partial charge in [0.2, 0.25) is 11.8 Å². The van der Waals surface area contributed by atoms with Gasteiger partial charge < -0.3 is 4.90 Å². The summed E-state index contributed by atoms with van der Waals surface area (Å²) in [5, 5.41) is 2.28. The number of carbonyl (C=O) groups excluding carboxylic acids is 3. The zero-order chi connectivity index (χ0) is 12.8. The van der Waals surface area contributed by atoms with Gasteiger partial charge >= 0.3 is 6.03 Å². The fourth-order valence-electron chi connectivity index (χ4n) is 2.27. The molecule has 1 saturated carbocycles. The van der Waals surface area contributed by atoms with Crippen molar-refractivity contribution >= 4 is 17.8 Å². The predicted molar refractivity (Wildman–Crippen MR) is 60.1 cm³/mol. The zero-order valence-electron chi connectivity index (χ0n) is 10.3. The molecule has 1 unspecified atom stereocenters. The van der Waals surface area contributed by atoms with Crippen LogP contribution in [0.4, 0.5) is 4.79 Å². The third kappa shape index (κ3) is 1.82. The van der Waals surface area contributed by atoms with Crippen molar-refractivity contribution in [3.8, 4) is 0 Å². The van der Waals surface area contributed by atoms with Crippen LogP contribution >= 0.6 is 0 Å². The molecule has 0 aromatic rings. The minimum absolute atomic E-state index is 0.233. The van der Waals surface area contributed by atoms with Crippen molar-refractivity contribution in [1.29, 1.82) is 0 Å². The number of urea groups is 1. The van der Waals surface area contributed by atoms with E-state index in [1.807, 2.05) is 25.9 Å². The summed E-state index contributed by atoms with van der Waals surface area (Å²) in [6.07, 6.45) is 1.10. The highest BCUT2D eigenvalue weighted by molar-refractivity contribution is 6.21. The highest BCUT2D eigenvalue weighted by Crippen LogP contribution is 2.49. The minimum atomic E-state index is -0.936. The van der Waals surface area contributed by atoms with Crippen LogP contribution in [0.15, 0.2) is 0 Å². The van der Waals surface area contributed by atoms with Gasteiger partial charge in [-0.05, 0) is 33.9 Å². The van der Waals surface area contributed by atoms with Crippen LogP contribution in [0.2, 0.25) is 0 Å². The smallest absolute Gasteiger partial charge is 0.307 e. The van der Waals surface area contributed by atoms with Gasteiger partial charge in [-0.15, -0.1) is 0 Å². The molecule has 17 heavy (non-hydrogen) atoms. The lowest BCUT2D eigenvalue weighted by atomic mass is 10.0. The van der Waals surface area contributed by atoms with Gasteiger partial charge in [-0.25, -0.2) is 4.79 Å². The third-order valence-corrected chi connectivity index (χ3v) is 3.32. The molecule has 94 valence electrons. The second-order valence-electron chi connectivity index (χ2n) is 5.13. The molecule has 1 heterocycles. The molecule has 6 heteroatoms. The Morgan fingerprint density at radius 2 is 1.94 bits per heavy atom. The molecule has 1 aliphatic heterocycles. The maximum absolute atomic E-state index is 12.2. The van der Waals surface area contributed by atoms with Crippen molar-refractivity contribution in [2.24, 2.45) is 5.41 Å². The number of carbonyl (C=O) groups is 3. The lowest BCUT2D eigenvalue weighted by molar-refractivity contribution is -0.146. The fraction of sp³-hybridized carbons (Fsp3) is 0.727. The first-order valence-electron chi connectivity index (χ1n) is 5.72. The minimum Gasteiger partial charge on any atom is -0.307 e. The first kappa shape index (κ1) is 12.0. The molecular weight excluding hydrogens is 222 g/mol. The highest BCUT2D eigenvalue weighted by Gasteiger charge is 2.62. The van der Waals surface area contributed by atoms with Crippen LogP contribution in [0.5, 0.6) is 0 Å². The molecule has 0 radical (unpaired) electrons. The Kier molecular flexibility index (Phi) is 2.69. The van der Waals surface area contributed by atoms with Gasteiger partial charge in [0, 0.05) is 6.54 Å². The van der Waals surface area contributed by atoms with E-state index in [2.05, 4.69) is 5.32 Å². The molecule has 4 amide bonds. The van der Waals surface area contributed by atoms with Crippen LogP contribution in [0, 0.1) is 5.41 Å². The largest absolute Gasteiger partial charge is 0.331 e. The van der Waals surface area contributed by atoms with E-state index in [-0.39, 0.29) is 11.9 Å². The summed E-state index contributed by atoms with van der Waals surface area (Å²) >= 11 is 0. The van der Waals surface area contributed by atoms with E-state index in [0.29, 0.717) is 19.4 Å². The molecule has 6 nitrogen and oxygen atoms in total. The van der Waals surface area contributed by atoms with Gasteiger partial charge in [0.25, 0.3) is 0 Å². The summed E-state index contributed by atoms with van der Waals surface area (Å²) in [4.78, 5) is 38.6. The van der Waals surface area contributed by atoms with Gasteiger partial charge in [-0.2, -0.15) is 0 Å². The van der Waals surface area contributed by atoms with Crippen LogP contribution < -0.4 is 5.32 Å². The van der Waals surface area contributed by atoms with Crippen LogP contribution in [0.3, 0.4) is 0 Å². The van der Waals surface area contributed by atoms with E-state index in [4.69, 9.17) is 0 Å². The quantitative estimate of drug-likeness (QED) is 0.692. The molecule has 2 rings (SSSR count). The lowest BCUT2D eigenvalue weighted by Gasteiger charge is -2.35. The summed E-state index contributed by atoms with van der Waals surface area (Å²) < 4.78 is 0. The molecule has 1 spiro atoms. The van der Waals surface area contributed by atoms with Crippen molar-refractivity contribution < 1.29 is 14.4 Å². The number of nitrogens with one attached hydrogen (secondary N) is 1. The number of barbiturate groups is 1. The molecule has 1 saturated heterocycles. The van der Waals surface area contributed by atoms with E-state index in [0.717, 1.165) is 0 Å². The van der Waals surface area contributed by atoms with Crippen molar-refractivity contribution in [2.75, 3.05) is 20.6 Å². The van der Waals surface area contributed by atoms with Gasteiger partial charge in [0.05, 0.1) is 6.04 Å². The predicted octanol–water partition coefficient (Wildman–Crippen LogP) is -0.205. The SMILES string of the molecule is CC(CN(C)C)N1C(=O)NC(=O)C2(CC2)C1=O. The average Bonchev–Trinajstić information content (AvgIpc) is 2.94. The molecule has 0 aromatic heterocycles. The van der Waals surface area contributed by atoms with E-state index in [1.165, 1.54) is 4.90 Å². The Hall–Kier alpha value is -1.43. The molecule has 1 N–H and O–H groups in total. The van der Waals surface area contributed by atoms with Crippen molar-refractivity contribution in [2.45, 2.75) is 25.8 Å². The Bertz CT molecular complexity index is 387. The summed E-state index contributed by atoms with van der Waals surface area (Å²) in [6.45, 7) is 2.40. The van der Waals surface area contributed by atoms with Crippen LogP contribution in [0.25, 0.3) is 0 Å². The van der Waals surface area contributed by atoms with Crippen LogP contribution in [-0.2, 0) is 9.59 Å². The maximum atomic E-state index is 12.2. The van der Waals surface area contributed by atoms with Gasteiger partial charge in [0.1, 0.15) is 5.41 Å². The van der Waals surface area contributed by atoms with E-state index < -0.39 is 17.4 Å².